The van der Waals surface area contributed by atoms with Gasteiger partial charge in [-0.15, -0.1) is 11.8 Å². The van der Waals surface area contributed by atoms with Crippen LogP contribution in [-0.2, 0) is 17.5 Å². The maximum absolute atomic E-state index is 13.1. The summed E-state index contributed by atoms with van der Waals surface area (Å²) in [6.45, 7) is 0.688. The van der Waals surface area contributed by atoms with Gasteiger partial charge in [0.2, 0.25) is 5.91 Å². The minimum Gasteiger partial charge on any atom is -0.342 e. The predicted molar refractivity (Wildman–Crippen MR) is 118 cm³/mol. The molecule has 0 aliphatic heterocycles. The number of aromatic nitrogens is 1. The molecule has 1 N–H and O–H groups in total. The molecule has 0 bridgehead atoms. The molecule has 31 heavy (non-hydrogen) atoms. The minimum atomic E-state index is -4.53. The van der Waals surface area contributed by atoms with Gasteiger partial charge in [0.1, 0.15) is 0 Å². The molecular formula is C24H19F3N2OS. The number of thioether (sulfide) groups is 1. The lowest BCUT2D eigenvalue weighted by Gasteiger charge is -2.13. The molecule has 0 spiro atoms. The van der Waals surface area contributed by atoms with Gasteiger partial charge in [-0.1, -0.05) is 60.7 Å². The Labute approximate surface area is 181 Å². The number of hydrogen-bond donors (Lipinski definition) is 1. The zero-order valence-corrected chi connectivity index (χ0v) is 17.2. The molecule has 158 valence electrons. The van der Waals surface area contributed by atoms with Crippen LogP contribution in [0, 0.1) is 0 Å². The number of para-hydroxylation sites is 2. The molecule has 4 aromatic rings. The molecule has 1 amide bonds. The van der Waals surface area contributed by atoms with Gasteiger partial charge in [-0.2, -0.15) is 13.2 Å². The van der Waals surface area contributed by atoms with Crippen molar-refractivity contribution in [3.05, 3.63) is 96.2 Å². The highest BCUT2D eigenvalue weighted by atomic mass is 32.2. The number of hydrogen-bond acceptors (Lipinski definition) is 2. The van der Waals surface area contributed by atoms with E-state index < -0.39 is 17.6 Å². The van der Waals surface area contributed by atoms with Crippen LogP contribution in [0.25, 0.3) is 10.9 Å². The zero-order valence-electron chi connectivity index (χ0n) is 16.4. The van der Waals surface area contributed by atoms with Crippen molar-refractivity contribution in [2.75, 3.05) is 11.1 Å². The summed E-state index contributed by atoms with van der Waals surface area (Å²) >= 11 is 1.31. The Morgan fingerprint density at radius 2 is 1.58 bits per heavy atom. The van der Waals surface area contributed by atoms with Crippen LogP contribution in [0.4, 0.5) is 18.9 Å². The molecule has 0 saturated heterocycles. The van der Waals surface area contributed by atoms with E-state index >= 15 is 0 Å². The molecule has 3 nitrogen and oxygen atoms in total. The molecule has 1 heterocycles. The third kappa shape index (κ3) is 4.94. The number of nitrogens with one attached hydrogen (secondary N) is 1. The van der Waals surface area contributed by atoms with Gasteiger partial charge in [-0.3, -0.25) is 4.79 Å². The molecule has 0 unspecified atom stereocenters. The number of alkyl halides is 3. The van der Waals surface area contributed by atoms with E-state index in [1.54, 1.807) is 0 Å². The summed E-state index contributed by atoms with van der Waals surface area (Å²) in [6.07, 6.45) is -2.54. The standard InChI is InChI=1S/C24H19F3N2OS/c25-24(26,27)19-11-5-6-12-20(19)28-23(30)16-31-22-15-29(14-17-8-2-1-3-9-17)21-13-7-4-10-18(21)22/h1-13,15H,14,16H2,(H,28,30). The molecule has 0 atom stereocenters. The Morgan fingerprint density at radius 3 is 2.35 bits per heavy atom. The van der Waals surface area contributed by atoms with Crippen molar-refractivity contribution < 1.29 is 18.0 Å². The summed E-state index contributed by atoms with van der Waals surface area (Å²) in [7, 11) is 0. The normalized spacial score (nSPS) is 11.6. The highest BCUT2D eigenvalue weighted by Crippen LogP contribution is 2.35. The Bertz CT molecular complexity index is 1200. The van der Waals surface area contributed by atoms with E-state index in [1.165, 1.54) is 30.0 Å². The van der Waals surface area contributed by atoms with Crippen LogP contribution in [0.15, 0.2) is 90.0 Å². The van der Waals surface area contributed by atoms with Gasteiger partial charge >= 0.3 is 6.18 Å². The molecule has 1 aromatic heterocycles. The number of anilines is 1. The number of carbonyl (C=O) groups is 1. The molecule has 7 heteroatoms. The number of carbonyl (C=O) groups excluding carboxylic acids is 1. The van der Waals surface area contributed by atoms with Crippen LogP contribution in [0.5, 0.6) is 0 Å². The van der Waals surface area contributed by atoms with E-state index in [0.717, 1.165) is 27.4 Å². The van der Waals surface area contributed by atoms with E-state index in [2.05, 4.69) is 9.88 Å². The maximum atomic E-state index is 13.1. The number of nitrogens with zero attached hydrogens (tertiary/aromatic N) is 1. The first kappa shape index (κ1) is 21.1. The zero-order chi connectivity index (χ0) is 21.8. The highest BCUT2D eigenvalue weighted by Gasteiger charge is 2.33. The molecule has 3 aromatic carbocycles. The minimum absolute atomic E-state index is 0.00549. The van der Waals surface area contributed by atoms with Crippen molar-refractivity contribution >= 4 is 34.3 Å². The lowest BCUT2D eigenvalue weighted by molar-refractivity contribution is -0.137. The number of benzene rings is 3. The first-order valence-electron chi connectivity index (χ1n) is 9.62. The summed E-state index contributed by atoms with van der Waals surface area (Å²) in [5.74, 6) is -0.479. The molecule has 0 saturated carbocycles. The molecular weight excluding hydrogens is 421 g/mol. The van der Waals surface area contributed by atoms with Crippen LogP contribution in [0.2, 0.25) is 0 Å². The second-order valence-corrected chi connectivity index (χ2v) is 8.02. The van der Waals surface area contributed by atoms with Crippen molar-refractivity contribution in [1.82, 2.24) is 4.57 Å². The first-order valence-corrected chi connectivity index (χ1v) is 10.6. The van der Waals surface area contributed by atoms with Gasteiger partial charge in [-0.25, -0.2) is 0 Å². The summed E-state index contributed by atoms with van der Waals surface area (Å²) < 4.78 is 41.6. The topological polar surface area (TPSA) is 34.0 Å². The average molecular weight is 440 g/mol. The third-order valence-corrected chi connectivity index (χ3v) is 5.86. The van der Waals surface area contributed by atoms with Crippen molar-refractivity contribution in [3.63, 3.8) is 0 Å². The van der Waals surface area contributed by atoms with E-state index in [9.17, 15) is 18.0 Å². The van der Waals surface area contributed by atoms with Crippen LogP contribution in [-0.4, -0.2) is 16.2 Å². The van der Waals surface area contributed by atoms with Gasteiger partial charge in [0.05, 0.1) is 17.0 Å². The largest absolute Gasteiger partial charge is 0.418 e. The number of fused-ring (bicyclic) bond motifs is 1. The Kier molecular flexibility index (Phi) is 6.04. The Morgan fingerprint density at radius 1 is 0.903 bits per heavy atom. The third-order valence-electron chi connectivity index (χ3n) is 4.81. The van der Waals surface area contributed by atoms with Crippen molar-refractivity contribution in [2.45, 2.75) is 17.6 Å². The predicted octanol–water partition coefficient (Wildman–Crippen LogP) is 6.44. The summed E-state index contributed by atoms with van der Waals surface area (Å²) in [5, 5.41) is 3.40. The lowest BCUT2D eigenvalue weighted by atomic mass is 10.1. The van der Waals surface area contributed by atoms with E-state index in [4.69, 9.17) is 0 Å². The molecule has 0 fully saturated rings. The molecule has 4 rings (SSSR count). The summed E-state index contributed by atoms with van der Waals surface area (Å²) in [5.41, 5.74) is 1.11. The monoisotopic (exact) mass is 440 g/mol. The fourth-order valence-corrected chi connectivity index (χ4v) is 4.30. The Hall–Kier alpha value is -3.19. The second kappa shape index (κ2) is 8.89. The molecule has 0 aliphatic rings. The number of amides is 1. The van der Waals surface area contributed by atoms with Gasteiger partial charge in [-0.05, 0) is 23.8 Å². The number of halogens is 3. The lowest BCUT2D eigenvalue weighted by Crippen LogP contribution is -2.18. The highest BCUT2D eigenvalue weighted by molar-refractivity contribution is 8.00. The van der Waals surface area contributed by atoms with E-state index in [1.807, 2.05) is 60.8 Å². The average Bonchev–Trinajstić information content (AvgIpc) is 3.10. The molecule has 0 radical (unpaired) electrons. The summed E-state index contributed by atoms with van der Waals surface area (Å²) in [4.78, 5) is 13.3. The van der Waals surface area contributed by atoms with E-state index in [0.29, 0.717) is 6.54 Å². The van der Waals surface area contributed by atoms with Crippen molar-refractivity contribution in [1.29, 1.82) is 0 Å². The Balaban J connectivity index is 1.50. The van der Waals surface area contributed by atoms with Crippen molar-refractivity contribution in [3.8, 4) is 0 Å². The second-order valence-electron chi connectivity index (χ2n) is 7.00. The molecule has 0 aliphatic carbocycles. The van der Waals surface area contributed by atoms with Gasteiger partial charge in [0, 0.05) is 28.5 Å². The maximum Gasteiger partial charge on any atom is 0.418 e. The number of rotatable bonds is 6. The van der Waals surface area contributed by atoms with Crippen LogP contribution < -0.4 is 5.32 Å². The van der Waals surface area contributed by atoms with Crippen LogP contribution >= 0.6 is 11.8 Å². The fraction of sp³-hybridized carbons (Fsp3) is 0.125. The van der Waals surface area contributed by atoms with Crippen molar-refractivity contribution in [2.24, 2.45) is 0 Å². The summed E-state index contributed by atoms with van der Waals surface area (Å²) in [6, 6.07) is 22.9. The van der Waals surface area contributed by atoms with Gasteiger partial charge in [0.15, 0.2) is 0 Å². The first-order chi connectivity index (χ1) is 14.9. The smallest absolute Gasteiger partial charge is 0.342 e. The van der Waals surface area contributed by atoms with Gasteiger partial charge < -0.3 is 9.88 Å². The van der Waals surface area contributed by atoms with E-state index in [-0.39, 0.29) is 11.4 Å². The quantitative estimate of drug-likeness (QED) is 0.350. The van der Waals surface area contributed by atoms with Gasteiger partial charge in [0.25, 0.3) is 0 Å². The van der Waals surface area contributed by atoms with Crippen LogP contribution in [0.3, 0.4) is 0 Å². The fourth-order valence-electron chi connectivity index (χ4n) is 3.41. The van der Waals surface area contributed by atoms with Crippen LogP contribution in [0.1, 0.15) is 11.1 Å². The SMILES string of the molecule is O=C(CSc1cn(Cc2ccccc2)c2ccccc12)Nc1ccccc1C(F)(F)F.